The zero-order valence-electron chi connectivity index (χ0n) is 12.1. The predicted octanol–water partition coefficient (Wildman–Crippen LogP) is 0.578. The van der Waals surface area contributed by atoms with Gasteiger partial charge in [0.15, 0.2) is 0 Å². The van der Waals surface area contributed by atoms with Crippen LogP contribution in [0.4, 0.5) is 0 Å². The molecule has 2 amide bonds. The van der Waals surface area contributed by atoms with Crippen LogP contribution in [0, 0.1) is 5.92 Å². The minimum atomic E-state index is -0.627. The molecule has 0 bridgehead atoms. The molecule has 7 nitrogen and oxygen atoms in total. The second-order valence-electron chi connectivity index (χ2n) is 5.04. The first kappa shape index (κ1) is 15.8. The van der Waals surface area contributed by atoms with Crippen molar-refractivity contribution in [3.63, 3.8) is 0 Å². The molecule has 0 spiro atoms. The highest BCUT2D eigenvalue weighted by Crippen LogP contribution is 2.29. The number of rotatable bonds is 5. The summed E-state index contributed by atoms with van der Waals surface area (Å²) in [5, 5.41) is 19.0. The molecule has 1 aliphatic rings. The van der Waals surface area contributed by atoms with Gasteiger partial charge in [0.25, 0.3) is 0 Å². The van der Waals surface area contributed by atoms with E-state index in [-0.39, 0.29) is 37.5 Å². The molecule has 1 atom stereocenters. The standard InChI is InChI=1S/C15H17NO6/c1-2-22-14(20)8-16-13(19)6-10(15(16)21)5-9-3-4-11(17)7-12(9)18/h3-4,7,10,17-18H,2,5-6,8H2,1H3. The summed E-state index contributed by atoms with van der Waals surface area (Å²) < 4.78 is 4.73. The molecule has 1 saturated heterocycles. The van der Waals surface area contributed by atoms with E-state index >= 15 is 0 Å². The van der Waals surface area contributed by atoms with Gasteiger partial charge in [-0.15, -0.1) is 0 Å². The fourth-order valence-corrected chi connectivity index (χ4v) is 2.40. The van der Waals surface area contributed by atoms with Gasteiger partial charge in [-0.3, -0.25) is 19.3 Å². The van der Waals surface area contributed by atoms with Gasteiger partial charge in [-0.2, -0.15) is 0 Å². The maximum absolute atomic E-state index is 12.2. The van der Waals surface area contributed by atoms with E-state index in [4.69, 9.17) is 4.74 Å². The summed E-state index contributed by atoms with van der Waals surface area (Å²) in [5.74, 6) is -2.36. The highest BCUT2D eigenvalue weighted by Gasteiger charge is 2.39. The molecule has 1 aromatic rings. The maximum atomic E-state index is 12.2. The molecule has 7 heteroatoms. The third kappa shape index (κ3) is 3.36. The first-order valence-electron chi connectivity index (χ1n) is 6.93. The number of hydrogen-bond acceptors (Lipinski definition) is 6. The van der Waals surface area contributed by atoms with E-state index in [1.807, 2.05) is 0 Å². The number of ether oxygens (including phenoxy) is 1. The molecule has 118 valence electrons. The first-order chi connectivity index (χ1) is 10.4. The Hall–Kier alpha value is -2.57. The Kier molecular flexibility index (Phi) is 4.65. The largest absolute Gasteiger partial charge is 0.508 e. The molecule has 1 aliphatic heterocycles. The monoisotopic (exact) mass is 307 g/mol. The smallest absolute Gasteiger partial charge is 0.326 e. The second kappa shape index (κ2) is 6.46. The van der Waals surface area contributed by atoms with Crippen LogP contribution in [0.3, 0.4) is 0 Å². The van der Waals surface area contributed by atoms with E-state index in [1.165, 1.54) is 18.2 Å². The number of likely N-dealkylation sites (tertiary alicyclic amines) is 1. The topological polar surface area (TPSA) is 104 Å². The summed E-state index contributed by atoms with van der Waals surface area (Å²) >= 11 is 0. The van der Waals surface area contributed by atoms with Gasteiger partial charge >= 0.3 is 5.97 Å². The molecule has 0 radical (unpaired) electrons. The van der Waals surface area contributed by atoms with Crippen LogP contribution in [0.5, 0.6) is 11.5 Å². The number of benzene rings is 1. The lowest BCUT2D eigenvalue weighted by Gasteiger charge is -2.14. The number of nitrogens with zero attached hydrogens (tertiary/aromatic N) is 1. The third-order valence-electron chi connectivity index (χ3n) is 3.47. The van der Waals surface area contributed by atoms with Gasteiger partial charge in [0, 0.05) is 12.5 Å². The molecular formula is C15H17NO6. The van der Waals surface area contributed by atoms with Crippen molar-refractivity contribution in [2.24, 2.45) is 5.92 Å². The molecule has 2 N–H and O–H groups in total. The van der Waals surface area contributed by atoms with Crippen molar-refractivity contribution in [3.05, 3.63) is 23.8 Å². The van der Waals surface area contributed by atoms with Crippen molar-refractivity contribution in [3.8, 4) is 11.5 Å². The van der Waals surface area contributed by atoms with Gasteiger partial charge in [0.05, 0.1) is 12.5 Å². The maximum Gasteiger partial charge on any atom is 0.326 e. The number of esters is 1. The Morgan fingerprint density at radius 1 is 1.36 bits per heavy atom. The molecule has 0 aromatic heterocycles. The summed E-state index contributed by atoms with van der Waals surface area (Å²) in [5.41, 5.74) is 0.460. The Balaban J connectivity index is 2.06. The van der Waals surface area contributed by atoms with Crippen molar-refractivity contribution in [2.45, 2.75) is 19.8 Å². The van der Waals surface area contributed by atoms with Crippen molar-refractivity contribution in [2.75, 3.05) is 13.2 Å². The van der Waals surface area contributed by atoms with Crippen molar-refractivity contribution >= 4 is 17.8 Å². The van der Waals surface area contributed by atoms with Crippen LogP contribution in [-0.2, 0) is 25.5 Å². The Bertz CT molecular complexity index is 612. The number of phenolic OH excluding ortho intramolecular Hbond substituents is 2. The number of imide groups is 1. The van der Waals surface area contributed by atoms with Gasteiger partial charge in [-0.05, 0) is 25.0 Å². The summed E-state index contributed by atoms with van der Waals surface area (Å²) in [7, 11) is 0. The van der Waals surface area contributed by atoms with E-state index in [1.54, 1.807) is 6.92 Å². The number of carbonyl (C=O) groups excluding carboxylic acids is 3. The van der Waals surface area contributed by atoms with Crippen LogP contribution in [0.15, 0.2) is 18.2 Å². The summed E-state index contributed by atoms with van der Waals surface area (Å²) in [6.45, 7) is 1.44. The molecule has 2 rings (SSSR count). The molecule has 1 aromatic carbocycles. The lowest BCUT2D eigenvalue weighted by Crippen LogP contribution is -2.36. The minimum absolute atomic E-state index is 0.0153. The van der Waals surface area contributed by atoms with Crippen LogP contribution in [0.25, 0.3) is 0 Å². The van der Waals surface area contributed by atoms with Crippen LogP contribution in [0.1, 0.15) is 18.9 Å². The molecule has 22 heavy (non-hydrogen) atoms. The summed E-state index contributed by atoms with van der Waals surface area (Å²) in [4.78, 5) is 36.4. The Labute approximate surface area is 127 Å². The number of carbonyl (C=O) groups is 3. The van der Waals surface area contributed by atoms with Crippen molar-refractivity contribution < 1.29 is 29.3 Å². The second-order valence-corrected chi connectivity index (χ2v) is 5.04. The fraction of sp³-hybridized carbons (Fsp3) is 0.400. The normalized spacial score (nSPS) is 17.9. The molecule has 0 aliphatic carbocycles. The average molecular weight is 307 g/mol. The molecular weight excluding hydrogens is 290 g/mol. The van der Waals surface area contributed by atoms with Crippen LogP contribution < -0.4 is 0 Å². The number of aromatic hydroxyl groups is 2. The number of phenols is 2. The fourth-order valence-electron chi connectivity index (χ4n) is 2.40. The lowest BCUT2D eigenvalue weighted by atomic mass is 9.97. The number of hydrogen-bond donors (Lipinski definition) is 2. The Morgan fingerprint density at radius 3 is 2.73 bits per heavy atom. The third-order valence-corrected chi connectivity index (χ3v) is 3.47. The molecule has 0 saturated carbocycles. The molecule has 1 fully saturated rings. The predicted molar refractivity (Wildman–Crippen MR) is 74.9 cm³/mol. The van der Waals surface area contributed by atoms with Gasteiger partial charge < -0.3 is 14.9 Å². The van der Waals surface area contributed by atoms with Gasteiger partial charge in [-0.25, -0.2) is 0 Å². The van der Waals surface area contributed by atoms with Crippen LogP contribution >= 0.6 is 0 Å². The van der Waals surface area contributed by atoms with E-state index in [0.717, 1.165) is 4.90 Å². The van der Waals surface area contributed by atoms with Gasteiger partial charge in [0.2, 0.25) is 11.8 Å². The van der Waals surface area contributed by atoms with Crippen molar-refractivity contribution in [1.29, 1.82) is 0 Å². The van der Waals surface area contributed by atoms with Crippen LogP contribution in [0.2, 0.25) is 0 Å². The number of amides is 2. The van der Waals surface area contributed by atoms with E-state index in [2.05, 4.69) is 0 Å². The summed E-state index contributed by atoms with van der Waals surface area (Å²) in [6, 6.07) is 4.07. The zero-order chi connectivity index (χ0) is 16.3. The highest BCUT2D eigenvalue weighted by atomic mass is 16.5. The lowest BCUT2D eigenvalue weighted by molar-refractivity contribution is -0.152. The highest BCUT2D eigenvalue weighted by molar-refractivity contribution is 6.05. The quantitative estimate of drug-likeness (QED) is 0.609. The van der Waals surface area contributed by atoms with E-state index < -0.39 is 23.7 Å². The molecule has 1 unspecified atom stereocenters. The minimum Gasteiger partial charge on any atom is -0.508 e. The zero-order valence-corrected chi connectivity index (χ0v) is 12.1. The van der Waals surface area contributed by atoms with Gasteiger partial charge in [0.1, 0.15) is 18.0 Å². The van der Waals surface area contributed by atoms with Crippen molar-refractivity contribution in [1.82, 2.24) is 4.90 Å². The molecule has 1 heterocycles. The Morgan fingerprint density at radius 2 is 2.09 bits per heavy atom. The van der Waals surface area contributed by atoms with E-state index in [0.29, 0.717) is 5.56 Å². The SMILES string of the molecule is CCOC(=O)CN1C(=O)CC(Cc2ccc(O)cc2O)C1=O. The van der Waals surface area contributed by atoms with Crippen LogP contribution in [-0.4, -0.2) is 46.0 Å². The average Bonchev–Trinajstić information content (AvgIpc) is 2.70. The van der Waals surface area contributed by atoms with Gasteiger partial charge in [-0.1, -0.05) is 6.07 Å². The summed E-state index contributed by atoms with van der Waals surface area (Å²) in [6.07, 6.45) is 0.147. The first-order valence-corrected chi connectivity index (χ1v) is 6.93. The van der Waals surface area contributed by atoms with E-state index in [9.17, 15) is 24.6 Å².